The molecule has 0 spiro atoms. The van der Waals surface area contributed by atoms with Crippen molar-refractivity contribution < 1.29 is 18.9 Å². The molecule has 0 aromatic carbocycles. The van der Waals surface area contributed by atoms with Crippen molar-refractivity contribution in [1.82, 2.24) is 5.32 Å². The molecule has 0 aliphatic heterocycles. The van der Waals surface area contributed by atoms with Gasteiger partial charge >= 0.3 is 5.97 Å². The molecule has 0 aromatic heterocycles. The first-order valence-electron chi connectivity index (χ1n) is 5.87. The van der Waals surface area contributed by atoms with E-state index in [0.29, 0.717) is 0 Å². The zero-order chi connectivity index (χ0) is 12.8. The maximum absolute atomic E-state index is 12.0. The van der Waals surface area contributed by atoms with Gasteiger partial charge in [0.25, 0.3) is 0 Å². The van der Waals surface area contributed by atoms with Crippen molar-refractivity contribution in [3.8, 4) is 0 Å². The first kappa shape index (κ1) is 14.2. The first-order chi connectivity index (χ1) is 8.00. The van der Waals surface area contributed by atoms with Crippen LogP contribution < -0.4 is 5.32 Å². The molecule has 17 heavy (non-hydrogen) atoms. The second-order valence-corrected chi connectivity index (χ2v) is 6.16. The summed E-state index contributed by atoms with van der Waals surface area (Å²) in [7, 11) is -1.17. The number of carboxylic acids is 1. The number of carboxylic acid groups (broad SMARTS) is 1. The maximum atomic E-state index is 12.0. The SMILES string of the molecule is CC(=O)N[C@@H](CS(=O)C1CCCCC1)C(=O)O. The number of carbonyl (C=O) groups excluding carboxylic acids is 1. The lowest BCUT2D eigenvalue weighted by molar-refractivity contribution is -0.140. The van der Waals surface area contributed by atoms with E-state index in [-0.39, 0.29) is 11.0 Å². The molecular formula is C11H19NO4S. The molecule has 1 saturated carbocycles. The minimum atomic E-state index is -1.17. The van der Waals surface area contributed by atoms with Crippen LogP contribution in [-0.4, -0.2) is 38.2 Å². The van der Waals surface area contributed by atoms with Gasteiger partial charge in [-0.25, -0.2) is 4.79 Å². The van der Waals surface area contributed by atoms with Crippen molar-refractivity contribution in [2.75, 3.05) is 5.75 Å². The van der Waals surface area contributed by atoms with Crippen LogP contribution in [0.2, 0.25) is 0 Å². The van der Waals surface area contributed by atoms with E-state index in [9.17, 15) is 13.8 Å². The minimum Gasteiger partial charge on any atom is -0.480 e. The number of nitrogens with one attached hydrogen (secondary N) is 1. The van der Waals surface area contributed by atoms with Crippen LogP contribution >= 0.6 is 0 Å². The average Bonchev–Trinajstić information content (AvgIpc) is 2.28. The molecule has 1 amide bonds. The minimum absolute atomic E-state index is 0.0135. The normalized spacial score (nSPS) is 20.5. The summed E-state index contributed by atoms with van der Waals surface area (Å²) >= 11 is 0. The Morgan fingerprint density at radius 1 is 1.35 bits per heavy atom. The maximum Gasteiger partial charge on any atom is 0.327 e. The molecule has 2 atom stereocenters. The molecule has 1 unspecified atom stereocenters. The molecule has 2 N–H and O–H groups in total. The highest BCUT2D eigenvalue weighted by atomic mass is 32.2. The predicted octanol–water partition coefficient (Wildman–Crippen LogP) is 0.657. The summed E-state index contributed by atoms with van der Waals surface area (Å²) in [4.78, 5) is 21.7. The summed E-state index contributed by atoms with van der Waals surface area (Å²) in [5.74, 6) is -1.51. The zero-order valence-corrected chi connectivity index (χ0v) is 10.8. The van der Waals surface area contributed by atoms with Crippen LogP contribution in [0, 0.1) is 0 Å². The highest BCUT2D eigenvalue weighted by Crippen LogP contribution is 2.22. The van der Waals surface area contributed by atoms with E-state index in [1.165, 1.54) is 13.3 Å². The number of amides is 1. The Morgan fingerprint density at radius 2 is 1.94 bits per heavy atom. The smallest absolute Gasteiger partial charge is 0.327 e. The Balaban J connectivity index is 2.50. The average molecular weight is 261 g/mol. The molecule has 0 aromatic rings. The van der Waals surface area contributed by atoms with Gasteiger partial charge in [-0.3, -0.25) is 9.00 Å². The first-order valence-corrected chi connectivity index (χ1v) is 7.26. The molecule has 1 aliphatic rings. The van der Waals surface area contributed by atoms with Crippen LogP contribution in [0.15, 0.2) is 0 Å². The Labute approximate surface area is 103 Å². The number of hydrogen-bond donors (Lipinski definition) is 2. The lowest BCUT2D eigenvalue weighted by Crippen LogP contribution is -2.44. The van der Waals surface area contributed by atoms with E-state index >= 15 is 0 Å². The number of hydrogen-bond acceptors (Lipinski definition) is 3. The third-order valence-electron chi connectivity index (χ3n) is 2.93. The molecule has 5 nitrogen and oxygen atoms in total. The molecule has 1 rings (SSSR count). The van der Waals surface area contributed by atoms with E-state index in [2.05, 4.69) is 5.32 Å². The van der Waals surface area contributed by atoms with Crippen molar-refractivity contribution >= 4 is 22.7 Å². The van der Waals surface area contributed by atoms with Crippen LogP contribution in [0.4, 0.5) is 0 Å². The number of aliphatic carboxylic acids is 1. The molecule has 6 heteroatoms. The van der Waals surface area contributed by atoms with Crippen LogP contribution in [0.1, 0.15) is 39.0 Å². The second kappa shape index (κ2) is 6.74. The van der Waals surface area contributed by atoms with Gasteiger partial charge in [-0.15, -0.1) is 0 Å². The third-order valence-corrected chi connectivity index (χ3v) is 4.81. The molecule has 1 aliphatic carbocycles. The fourth-order valence-electron chi connectivity index (χ4n) is 2.05. The predicted molar refractivity (Wildman–Crippen MR) is 65.1 cm³/mol. The summed E-state index contributed by atoms with van der Waals surface area (Å²) in [5, 5.41) is 11.3. The topological polar surface area (TPSA) is 83.5 Å². The fourth-order valence-corrected chi connectivity index (χ4v) is 3.73. The van der Waals surface area contributed by atoms with Crippen LogP contribution in [0.25, 0.3) is 0 Å². The summed E-state index contributed by atoms with van der Waals surface area (Å²) in [6.45, 7) is 1.26. The van der Waals surface area contributed by atoms with Gasteiger partial charge < -0.3 is 10.4 Å². The zero-order valence-electron chi connectivity index (χ0n) is 9.98. The Morgan fingerprint density at radius 3 is 2.41 bits per heavy atom. The Hall–Kier alpha value is -0.910. The van der Waals surface area contributed by atoms with E-state index in [1.807, 2.05) is 0 Å². The van der Waals surface area contributed by atoms with Gasteiger partial charge in [0.2, 0.25) is 5.91 Å². The second-order valence-electron chi connectivity index (χ2n) is 4.40. The van der Waals surface area contributed by atoms with Gasteiger partial charge in [0.05, 0.1) is 5.75 Å². The lowest BCUT2D eigenvalue weighted by atomic mass is 10.0. The summed E-state index contributed by atoms with van der Waals surface area (Å²) in [5.41, 5.74) is 0. The van der Waals surface area contributed by atoms with Gasteiger partial charge in [0.1, 0.15) is 6.04 Å². The molecule has 98 valence electrons. The van der Waals surface area contributed by atoms with Crippen LogP contribution in [-0.2, 0) is 20.4 Å². The lowest BCUT2D eigenvalue weighted by Gasteiger charge is -2.22. The molecule has 1 fully saturated rings. The number of carbonyl (C=O) groups is 2. The van der Waals surface area contributed by atoms with Gasteiger partial charge in [-0.2, -0.15) is 0 Å². The van der Waals surface area contributed by atoms with Crippen molar-refractivity contribution in [2.45, 2.75) is 50.3 Å². The Bertz CT molecular complexity index is 313. The van der Waals surface area contributed by atoms with Crippen LogP contribution in [0.3, 0.4) is 0 Å². The third kappa shape index (κ3) is 4.85. The molecular weight excluding hydrogens is 242 g/mol. The molecule has 0 saturated heterocycles. The highest BCUT2D eigenvalue weighted by Gasteiger charge is 2.26. The molecule has 0 radical (unpaired) electrons. The van der Waals surface area contributed by atoms with Crippen molar-refractivity contribution in [1.29, 1.82) is 0 Å². The van der Waals surface area contributed by atoms with E-state index in [4.69, 9.17) is 5.11 Å². The van der Waals surface area contributed by atoms with E-state index in [1.54, 1.807) is 0 Å². The van der Waals surface area contributed by atoms with Gasteiger partial charge in [0.15, 0.2) is 0 Å². The van der Waals surface area contributed by atoms with Crippen molar-refractivity contribution in [2.24, 2.45) is 0 Å². The quantitative estimate of drug-likeness (QED) is 0.761. The van der Waals surface area contributed by atoms with Crippen LogP contribution in [0.5, 0.6) is 0 Å². The summed E-state index contributed by atoms with van der Waals surface area (Å²) in [6, 6.07) is -1.03. The summed E-state index contributed by atoms with van der Waals surface area (Å²) < 4.78 is 12.0. The molecule has 0 bridgehead atoms. The van der Waals surface area contributed by atoms with E-state index in [0.717, 1.165) is 25.7 Å². The monoisotopic (exact) mass is 261 g/mol. The van der Waals surface area contributed by atoms with E-state index < -0.39 is 28.7 Å². The fraction of sp³-hybridized carbons (Fsp3) is 0.818. The van der Waals surface area contributed by atoms with Gasteiger partial charge in [-0.1, -0.05) is 19.3 Å². The summed E-state index contributed by atoms with van der Waals surface area (Å²) in [6.07, 6.45) is 5.10. The van der Waals surface area contributed by atoms with Gasteiger partial charge in [-0.05, 0) is 12.8 Å². The standard InChI is InChI=1S/C11H19NO4S/c1-8(13)12-10(11(14)15)7-17(16)9-5-3-2-4-6-9/h9-10H,2-7H2,1H3,(H,12,13)(H,14,15)/t10-,17?/m0/s1. The largest absolute Gasteiger partial charge is 0.480 e. The van der Waals surface area contributed by atoms with Gasteiger partial charge in [0, 0.05) is 23.0 Å². The molecule has 0 heterocycles. The Kier molecular flexibility index (Phi) is 5.61. The highest BCUT2D eigenvalue weighted by molar-refractivity contribution is 7.85. The number of rotatable bonds is 5. The van der Waals surface area contributed by atoms with Crippen molar-refractivity contribution in [3.63, 3.8) is 0 Å². The van der Waals surface area contributed by atoms with Crippen molar-refractivity contribution in [3.05, 3.63) is 0 Å².